The van der Waals surface area contributed by atoms with E-state index in [1.807, 2.05) is 52.3 Å². The fourth-order valence-electron chi connectivity index (χ4n) is 3.97. The lowest BCUT2D eigenvalue weighted by Gasteiger charge is -2.36. The Hall–Kier alpha value is -3.48. The number of aromatic nitrogens is 2. The minimum absolute atomic E-state index is 0.0252. The van der Waals surface area contributed by atoms with Crippen molar-refractivity contribution in [3.05, 3.63) is 60.4 Å². The van der Waals surface area contributed by atoms with Crippen molar-refractivity contribution in [3.63, 3.8) is 0 Å². The Kier molecular flexibility index (Phi) is 3.93. The minimum Gasteiger partial charge on any atom is -0.336 e. The highest BCUT2D eigenvalue weighted by Crippen LogP contribution is 2.26. The summed E-state index contributed by atoms with van der Waals surface area (Å²) in [6, 6.07) is 13.3. The molecule has 4 heterocycles. The third-order valence-corrected chi connectivity index (χ3v) is 5.42. The average Bonchev–Trinajstić information content (AvgIpc) is 3.13. The number of carbonyl (C=O) groups is 2. The highest BCUT2D eigenvalue weighted by Gasteiger charge is 2.37. The Bertz CT molecular complexity index is 1070. The van der Waals surface area contributed by atoms with E-state index in [-0.39, 0.29) is 18.0 Å². The van der Waals surface area contributed by atoms with Gasteiger partial charge < -0.3 is 15.1 Å². The predicted molar refractivity (Wildman–Crippen MR) is 105 cm³/mol. The molecule has 0 radical (unpaired) electrons. The second-order valence-electron chi connectivity index (χ2n) is 7.10. The Morgan fingerprint density at radius 2 is 2.04 bits per heavy atom. The predicted octanol–water partition coefficient (Wildman–Crippen LogP) is 2.15. The van der Waals surface area contributed by atoms with Gasteiger partial charge >= 0.3 is 6.03 Å². The summed E-state index contributed by atoms with van der Waals surface area (Å²) in [6.07, 6.45) is 3.47. The third-order valence-electron chi connectivity index (χ3n) is 5.42. The lowest BCUT2D eigenvalue weighted by molar-refractivity contribution is 0.0619. The van der Waals surface area contributed by atoms with E-state index in [2.05, 4.69) is 10.3 Å². The molecular weight excluding hydrogens is 354 g/mol. The summed E-state index contributed by atoms with van der Waals surface area (Å²) < 4.78 is 0. The largest absolute Gasteiger partial charge is 0.336 e. The zero-order chi connectivity index (χ0) is 19.1. The van der Waals surface area contributed by atoms with Crippen molar-refractivity contribution in [1.82, 2.24) is 25.1 Å². The summed E-state index contributed by atoms with van der Waals surface area (Å²) in [7, 11) is 0. The fourth-order valence-corrected chi connectivity index (χ4v) is 3.97. The number of pyridine rings is 2. The maximum absolute atomic E-state index is 13.4. The molecule has 7 heteroatoms. The zero-order valence-electron chi connectivity index (χ0n) is 15.2. The molecule has 3 aromatic rings. The molecule has 2 aromatic heterocycles. The number of hydrogen-bond donors (Lipinski definition) is 1. The van der Waals surface area contributed by atoms with E-state index in [1.165, 1.54) is 0 Å². The molecule has 2 saturated heterocycles. The molecule has 0 aliphatic carbocycles. The number of carbonyl (C=O) groups excluding carboxylic acids is 2. The topological polar surface area (TPSA) is 78.4 Å². The van der Waals surface area contributed by atoms with Gasteiger partial charge in [0, 0.05) is 49.5 Å². The van der Waals surface area contributed by atoms with Crippen molar-refractivity contribution < 1.29 is 9.59 Å². The molecule has 2 aliphatic rings. The highest BCUT2D eigenvalue weighted by atomic mass is 16.2. The van der Waals surface area contributed by atoms with Gasteiger partial charge in [0.05, 0.1) is 22.8 Å². The maximum atomic E-state index is 13.4. The Morgan fingerprint density at radius 3 is 2.89 bits per heavy atom. The molecule has 1 N–H and O–H groups in total. The van der Waals surface area contributed by atoms with Crippen LogP contribution in [0.15, 0.2) is 54.9 Å². The van der Waals surface area contributed by atoms with Crippen LogP contribution in [0.5, 0.6) is 0 Å². The van der Waals surface area contributed by atoms with Crippen molar-refractivity contribution in [3.8, 4) is 11.3 Å². The lowest BCUT2D eigenvalue weighted by Crippen LogP contribution is -2.53. The first-order valence-electron chi connectivity index (χ1n) is 9.34. The molecule has 0 bridgehead atoms. The van der Waals surface area contributed by atoms with Crippen LogP contribution >= 0.6 is 0 Å². The first-order chi connectivity index (χ1) is 13.7. The number of benzene rings is 1. The van der Waals surface area contributed by atoms with Crippen LogP contribution in [0.25, 0.3) is 22.2 Å². The second-order valence-corrected chi connectivity index (χ2v) is 7.10. The van der Waals surface area contributed by atoms with E-state index in [1.54, 1.807) is 12.4 Å². The fraction of sp³-hybridized carbons (Fsp3) is 0.238. The molecule has 5 rings (SSSR count). The quantitative estimate of drug-likeness (QED) is 0.747. The second kappa shape index (κ2) is 6.60. The highest BCUT2D eigenvalue weighted by molar-refractivity contribution is 6.07. The van der Waals surface area contributed by atoms with Gasteiger partial charge in [0.25, 0.3) is 5.91 Å². The smallest absolute Gasteiger partial charge is 0.317 e. The van der Waals surface area contributed by atoms with Crippen LogP contribution in [-0.2, 0) is 0 Å². The third kappa shape index (κ3) is 2.76. The molecule has 1 aromatic carbocycles. The standard InChI is InChI=1S/C21H19N5O2/c27-20(25-8-9-26-15(13-25)12-23-21(26)28)17-10-19(14-4-3-7-22-11-14)24-18-6-2-1-5-16(17)18/h1-7,10-11,15H,8-9,12-13H2,(H,23,28)/t15-/m1/s1. The van der Waals surface area contributed by atoms with Crippen LogP contribution in [0.2, 0.25) is 0 Å². The van der Waals surface area contributed by atoms with E-state index < -0.39 is 0 Å². The molecule has 28 heavy (non-hydrogen) atoms. The Labute approximate surface area is 162 Å². The zero-order valence-corrected chi connectivity index (χ0v) is 15.2. The van der Waals surface area contributed by atoms with Crippen LogP contribution in [0.3, 0.4) is 0 Å². The van der Waals surface area contributed by atoms with Crippen molar-refractivity contribution >= 4 is 22.8 Å². The van der Waals surface area contributed by atoms with Crippen LogP contribution in [-0.4, -0.2) is 63.9 Å². The van der Waals surface area contributed by atoms with Gasteiger partial charge in [0.15, 0.2) is 0 Å². The van der Waals surface area contributed by atoms with Gasteiger partial charge in [-0.15, -0.1) is 0 Å². The molecular formula is C21H19N5O2. The number of hydrogen-bond acceptors (Lipinski definition) is 4. The first-order valence-corrected chi connectivity index (χ1v) is 9.34. The van der Waals surface area contributed by atoms with Crippen LogP contribution in [0.1, 0.15) is 10.4 Å². The molecule has 0 spiro atoms. The van der Waals surface area contributed by atoms with Gasteiger partial charge in [-0.3, -0.25) is 9.78 Å². The van der Waals surface area contributed by atoms with Gasteiger partial charge in [0.2, 0.25) is 0 Å². The molecule has 7 nitrogen and oxygen atoms in total. The van der Waals surface area contributed by atoms with Crippen LogP contribution in [0.4, 0.5) is 4.79 Å². The molecule has 3 amide bonds. The summed E-state index contributed by atoms with van der Waals surface area (Å²) in [5.41, 5.74) is 3.02. The number of urea groups is 1. The van der Waals surface area contributed by atoms with Crippen molar-refractivity contribution in [1.29, 1.82) is 0 Å². The van der Waals surface area contributed by atoms with Gasteiger partial charge in [-0.25, -0.2) is 9.78 Å². The summed E-state index contributed by atoms with van der Waals surface area (Å²) in [6.45, 7) is 2.21. The van der Waals surface area contributed by atoms with E-state index in [0.717, 1.165) is 22.2 Å². The lowest BCUT2D eigenvalue weighted by atomic mass is 10.0. The number of fused-ring (bicyclic) bond motifs is 2. The number of nitrogens with zero attached hydrogens (tertiary/aromatic N) is 4. The van der Waals surface area contributed by atoms with Gasteiger partial charge in [-0.1, -0.05) is 18.2 Å². The maximum Gasteiger partial charge on any atom is 0.317 e. The van der Waals surface area contributed by atoms with E-state index >= 15 is 0 Å². The molecule has 2 aliphatic heterocycles. The summed E-state index contributed by atoms with van der Waals surface area (Å²) in [5, 5.41) is 3.69. The van der Waals surface area contributed by atoms with E-state index in [4.69, 9.17) is 4.98 Å². The normalized spacial score (nSPS) is 18.9. The van der Waals surface area contributed by atoms with Gasteiger partial charge in [-0.05, 0) is 24.3 Å². The SMILES string of the molecule is O=C(c1cc(-c2cccnc2)nc2ccccc12)N1CCN2C(=O)NC[C@@H]2C1. The van der Waals surface area contributed by atoms with E-state index in [0.29, 0.717) is 31.7 Å². The average molecular weight is 373 g/mol. The van der Waals surface area contributed by atoms with Crippen LogP contribution < -0.4 is 5.32 Å². The minimum atomic E-state index is -0.0367. The van der Waals surface area contributed by atoms with Gasteiger partial charge in [-0.2, -0.15) is 0 Å². The van der Waals surface area contributed by atoms with Crippen molar-refractivity contribution in [2.75, 3.05) is 26.2 Å². The number of amides is 3. The Morgan fingerprint density at radius 1 is 1.14 bits per heavy atom. The van der Waals surface area contributed by atoms with Crippen LogP contribution in [0, 0.1) is 0 Å². The van der Waals surface area contributed by atoms with Crippen molar-refractivity contribution in [2.24, 2.45) is 0 Å². The molecule has 140 valence electrons. The number of rotatable bonds is 2. The monoisotopic (exact) mass is 373 g/mol. The van der Waals surface area contributed by atoms with Gasteiger partial charge in [0.1, 0.15) is 0 Å². The summed E-state index contributed by atoms with van der Waals surface area (Å²) in [4.78, 5) is 37.8. The first kappa shape index (κ1) is 16.7. The van der Waals surface area contributed by atoms with Crippen molar-refractivity contribution in [2.45, 2.75) is 6.04 Å². The number of para-hydroxylation sites is 1. The molecule has 1 atom stereocenters. The number of piperazine rings is 1. The number of nitrogens with one attached hydrogen (secondary N) is 1. The molecule has 0 unspecified atom stereocenters. The summed E-state index contributed by atoms with van der Waals surface area (Å²) >= 11 is 0. The molecule has 2 fully saturated rings. The molecule has 0 saturated carbocycles. The Balaban J connectivity index is 1.54. The van der Waals surface area contributed by atoms with E-state index in [9.17, 15) is 9.59 Å². The summed E-state index contributed by atoms with van der Waals surface area (Å²) in [5.74, 6) is -0.0252.